The predicted molar refractivity (Wildman–Crippen MR) is 74.4 cm³/mol. The van der Waals surface area contributed by atoms with Gasteiger partial charge in [-0.05, 0) is 31.5 Å². The van der Waals surface area contributed by atoms with Crippen LogP contribution in [0.1, 0.15) is 30.1 Å². The first-order valence-electron chi connectivity index (χ1n) is 6.52. The Balaban J connectivity index is 2.12. The molecule has 3 rings (SSSR count). The first-order valence-corrected chi connectivity index (χ1v) is 6.52. The van der Waals surface area contributed by atoms with Gasteiger partial charge in [-0.3, -0.25) is 4.98 Å². The maximum absolute atomic E-state index is 9.27. The quantitative estimate of drug-likeness (QED) is 0.852. The van der Waals surface area contributed by atoms with E-state index >= 15 is 0 Å². The Morgan fingerprint density at radius 2 is 2.25 bits per heavy atom. The van der Waals surface area contributed by atoms with E-state index in [1.807, 2.05) is 18.2 Å². The summed E-state index contributed by atoms with van der Waals surface area (Å²) in [6.07, 6.45) is 3.70. The molecule has 1 unspecified atom stereocenters. The van der Waals surface area contributed by atoms with Crippen LogP contribution in [0.2, 0.25) is 0 Å². The minimum Gasteiger partial charge on any atom is -0.382 e. The number of hydrogen-bond donors (Lipinski definition) is 2. The Bertz CT molecular complexity index is 655. The van der Waals surface area contributed by atoms with Crippen LogP contribution < -0.4 is 11.1 Å². The highest BCUT2D eigenvalue weighted by atomic mass is 15.0. The number of nitriles is 1. The summed E-state index contributed by atoms with van der Waals surface area (Å²) in [5.74, 6) is 0.678. The maximum atomic E-state index is 9.27. The molecule has 0 radical (unpaired) electrons. The molecule has 6 nitrogen and oxygen atoms in total. The molecule has 0 saturated carbocycles. The summed E-state index contributed by atoms with van der Waals surface area (Å²) in [4.78, 5) is 12.9. The highest BCUT2D eigenvalue weighted by molar-refractivity contribution is 5.59. The third-order valence-electron chi connectivity index (χ3n) is 3.36. The molecule has 6 heteroatoms. The molecule has 1 atom stereocenters. The van der Waals surface area contributed by atoms with Crippen LogP contribution in [-0.2, 0) is 0 Å². The van der Waals surface area contributed by atoms with Crippen molar-refractivity contribution in [3.8, 4) is 17.6 Å². The van der Waals surface area contributed by atoms with Crippen LogP contribution in [0, 0.1) is 11.3 Å². The van der Waals surface area contributed by atoms with Gasteiger partial charge < -0.3 is 11.1 Å². The number of nitrogens with zero attached hydrogens (tertiary/aromatic N) is 4. The van der Waals surface area contributed by atoms with Crippen molar-refractivity contribution in [3.63, 3.8) is 0 Å². The van der Waals surface area contributed by atoms with E-state index in [1.54, 1.807) is 6.20 Å². The lowest BCUT2D eigenvalue weighted by atomic mass is 10.1. The molecular formula is C14H14N6. The van der Waals surface area contributed by atoms with E-state index in [2.05, 4.69) is 26.3 Å². The zero-order chi connectivity index (χ0) is 13.9. The van der Waals surface area contributed by atoms with Gasteiger partial charge in [-0.2, -0.15) is 5.26 Å². The average Bonchev–Trinajstić information content (AvgIpc) is 3.01. The molecule has 0 bridgehead atoms. The highest BCUT2D eigenvalue weighted by Gasteiger charge is 2.24. The Hall–Kier alpha value is -2.52. The minimum absolute atomic E-state index is 0.0670. The zero-order valence-electron chi connectivity index (χ0n) is 10.9. The molecule has 1 saturated heterocycles. The fourth-order valence-electron chi connectivity index (χ4n) is 2.39. The summed E-state index contributed by atoms with van der Waals surface area (Å²) in [5, 5.41) is 12.6. The fourth-order valence-corrected chi connectivity index (χ4v) is 2.39. The van der Waals surface area contributed by atoms with Crippen LogP contribution in [0.25, 0.3) is 11.5 Å². The van der Waals surface area contributed by atoms with Gasteiger partial charge in [-0.1, -0.05) is 6.07 Å². The highest BCUT2D eigenvalue weighted by Crippen LogP contribution is 2.28. The van der Waals surface area contributed by atoms with Crippen molar-refractivity contribution in [2.75, 3.05) is 12.3 Å². The topological polar surface area (TPSA) is 101 Å². The largest absolute Gasteiger partial charge is 0.382 e. The van der Waals surface area contributed by atoms with E-state index in [0.29, 0.717) is 22.8 Å². The van der Waals surface area contributed by atoms with Gasteiger partial charge in [0.25, 0.3) is 0 Å². The van der Waals surface area contributed by atoms with Crippen molar-refractivity contribution in [2.45, 2.75) is 18.9 Å². The van der Waals surface area contributed by atoms with Gasteiger partial charge in [-0.25, -0.2) is 9.97 Å². The molecule has 3 N–H and O–H groups in total. The maximum Gasteiger partial charge on any atom is 0.180 e. The minimum atomic E-state index is 0.0670. The summed E-state index contributed by atoms with van der Waals surface area (Å²) in [6, 6.07) is 7.70. The number of hydrogen-bond acceptors (Lipinski definition) is 6. The van der Waals surface area contributed by atoms with Gasteiger partial charge in [0.15, 0.2) is 5.82 Å². The SMILES string of the molecule is N#Cc1c(N)nc(-c2ccccn2)nc1C1CCCN1. The Morgan fingerprint density at radius 1 is 1.35 bits per heavy atom. The number of nitrogens with two attached hydrogens (primary N) is 1. The molecule has 100 valence electrons. The zero-order valence-corrected chi connectivity index (χ0v) is 10.9. The van der Waals surface area contributed by atoms with Crippen LogP contribution in [0.15, 0.2) is 24.4 Å². The Labute approximate surface area is 116 Å². The second kappa shape index (κ2) is 5.23. The van der Waals surface area contributed by atoms with Crippen LogP contribution in [0.3, 0.4) is 0 Å². The summed E-state index contributed by atoms with van der Waals surface area (Å²) in [5.41, 5.74) is 7.61. The smallest absolute Gasteiger partial charge is 0.180 e. The fraction of sp³-hybridized carbons (Fsp3) is 0.286. The van der Waals surface area contributed by atoms with E-state index < -0.39 is 0 Å². The number of nitrogen functional groups attached to an aromatic ring is 1. The molecule has 1 fully saturated rings. The molecular weight excluding hydrogens is 252 g/mol. The lowest BCUT2D eigenvalue weighted by molar-refractivity contribution is 0.625. The first-order chi connectivity index (χ1) is 9.79. The van der Waals surface area contributed by atoms with Gasteiger partial charge in [0.1, 0.15) is 23.1 Å². The molecule has 0 amide bonds. The van der Waals surface area contributed by atoms with Crippen molar-refractivity contribution in [2.24, 2.45) is 0 Å². The second-order valence-electron chi connectivity index (χ2n) is 4.67. The second-order valence-corrected chi connectivity index (χ2v) is 4.67. The van der Waals surface area contributed by atoms with Crippen molar-refractivity contribution >= 4 is 5.82 Å². The summed E-state index contributed by atoms with van der Waals surface area (Å²) in [7, 11) is 0. The van der Waals surface area contributed by atoms with Crippen LogP contribution in [0.4, 0.5) is 5.82 Å². The predicted octanol–water partition coefficient (Wildman–Crippen LogP) is 1.42. The summed E-state index contributed by atoms with van der Waals surface area (Å²) in [6.45, 7) is 0.929. The molecule has 20 heavy (non-hydrogen) atoms. The molecule has 0 aliphatic carbocycles. The van der Waals surface area contributed by atoms with Crippen molar-refractivity contribution in [1.29, 1.82) is 5.26 Å². The number of anilines is 1. The molecule has 1 aliphatic rings. The van der Waals surface area contributed by atoms with E-state index in [4.69, 9.17) is 5.73 Å². The summed E-state index contributed by atoms with van der Waals surface area (Å²) < 4.78 is 0. The van der Waals surface area contributed by atoms with E-state index in [-0.39, 0.29) is 11.9 Å². The molecule has 3 heterocycles. The van der Waals surface area contributed by atoms with Crippen LogP contribution in [-0.4, -0.2) is 21.5 Å². The standard InChI is InChI=1S/C14H14N6/c15-8-9-12(10-5-3-7-17-10)19-14(20-13(9)16)11-4-1-2-6-18-11/h1-2,4,6,10,17H,3,5,7H2,(H2,16,19,20). The molecule has 2 aromatic rings. The van der Waals surface area contributed by atoms with E-state index in [0.717, 1.165) is 19.4 Å². The van der Waals surface area contributed by atoms with Gasteiger partial charge >= 0.3 is 0 Å². The molecule has 0 aromatic carbocycles. The van der Waals surface area contributed by atoms with Crippen molar-refractivity contribution in [3.05, 3.63) is 35.7 Å². The lowest BCUT2D eigenvalue weighted by Gasteiger charge is -2.13. The molecule has 0 spiro atoms. The number of pyridine rings is 1. The van der Waals surface area contributed by atoms with Crippen molar-refractivity contribution < 1.29 is 0 Å². The van der Waals surface area contributed by atoms with E-state index in [1.165, 1.54) is 0 Å². The van der Waals surface area contributed by atoms with Gasteiger partial charge in [0.2, 0.25) is 0 Å². The molecule has 1 aliphatic heterocycles. The lowest BCUT2D eigenvalue weighted by Crippen LogP contribution is -2.18. The number of rotatable bonds is 2. The van der Waals surface area contributed by atoms with Gasteiger partial charge in [-0.15, -0.1) is 0 Å². The van der Waals surface area contributed by atoms with Crippen LogP contribution >= 0.6 is 0 Å². The van der Waals surface area contributed by atoms with Gasteiger partial charge in [0, 0.05) is 6.20 Å². The third-order valence-corrected chi connectivity index (χ3v) is 3.36. The number of nitrogens with one attached hydrogen (secondary N) is 1. The summed E-state index contributed by atoms with van der Waals surface area (Å²) >= 11 is 0. The number of aromatic nitrogens is 3. The van der Waals surface area contributed by atoms with Crippen molar-refractivity contribution in [1.82, 2.24) is 20.3 Å². The monoisotopic (exact) mass is 266 g/mol. The van der Waals surface area contributed by atoms with Gasteiger partial charge in [0.05, 0.1) is 11.7 Å². The Kier molecular flexibility index (Phi) is 3.27. The average molecular weight is 266 g/mol. The van der Waals surface area contributed by atoms with E-state index in [9.17, 15) is 5.26 Å². The molecule has 2 aromatic heterocycles. The van der Waals surface area contributed by atoms with Crippen LogP contribution in [0.5, 0.6) is 0 Å². The first kappa shape index (κ1) is 12.5. The third kappa shape index (κ3) is 2.19. The normalized spacial score (nSPS) is 17.9. The Morgan fingerprint density at radius 3 is 2.90 bits per heavy atom.